The standard InChI is InChI=1S/C23H17ClN2O3S/c1-13-5-3-8-19(14(13)2)26-22(28)18(21(27)25-23(26)30)12-17-9-10-20(29-17)15-6-4-7-16(24)11-15/h3-12H,1-2H3,(H,25,27,30)/b18-12-. The molecule has 0 saturated carbocycles. The van der Waals surface area contributed by atoms with Gasteiger partial charge in [-0.2, -0.15) is 0 Å². The van der Waals surface area contributed by atoms with Crippen molar-refractivity contribution in [3.63, 3.8) is 0 Å². The van der Waals surface area contributed by atoms with Crippen LogP contribution >= 0.6 is 23.8 Å². The van der Waals surface area contributed by atoms with Crippen LogP contribution in [0.3, 0.4) is 0 Å². The van der Waals surface area contributed by atoms with Crippen molar-refractivity contribution < 1.29 is 14.0 Å². The number of hydrogen-bond acceptors (Lipinski definition) is 4. The lowest BCUT2D eigenvalue weighted by atomic mass is 10.0. The molecule has 2 heterocycles. The molecule has 0 unspecified atom stereocenters. The number of rotatable bonds is 3. The second-order valence-electron chi connectivity index (χ2n) is 6.89. The van der Waals surface area contributed by atoms with E-state index in [-0.39, 0.29) is 10.7 Å². The molecule has 0 aliphatic carbocycles. The van der Waals surface area contributed by atoms with Crippen molar-refractivity contribution in [3.8, 4) is 11.3 Å². The van der Waals surface area contributed by atoms with Gasteiger partial charge in [0.15, 0.2) is 5.11 Å². The van der Waals surface area contributed by atoms with Crippen molar-refractivity contribution in [3.05, 3.63) is 82.1 Å². The van der Waals surface area contributed by atoms with E-state index in [9.17, 15) is 9.59 Å². The third kappa shape index (κ3) is 3.67. The molecule has 1 aliphatic heterocycles. The summed E-state index contributed by atoms with van der Waals surface area (Å²) in [5, 5.41) is 3.23. The van der Waals surface area contributed by atoms with E-state index < -0.39 is 11.8 Å². The summed E-state index contributed by atoms with van der Waals surface area (Å²) < 4.78 is 5.82. The molecule has 0 atom stereocenters. The number of carbonyl (C=O) groups is 2. The number of furan rings is 1. The number of benzene rings is 2. The van der Waals surface area contributed by atoms with Crippen LogP contribution in [0.5, 0.6) is 0 Å². The second-order valence-corrected chi connectivity index (χ2v) is 7.71. The molecule has 4 rings (SSSR count). The summed E-state index contributed by atoms with van der Waals surface area (Å²) in [5.74, 6) is -0.113. The van der Waals surface area contributed by atoms with Crippen molar-refractivity contribution >= 4 is 52.5 Å². The molecule has 1 aliphatic rings. The molecule has 7 heteroatoms. The van der Waals surface area contributed by atoms with Crippen molar-refractivity contribution in [1.82, 2.24) is 5.32 Å². The molecular formula is C23H17ClN2O3S. The smallest absolute Gasteiger partial charge is 0.270 e. The van der Waals surface area contributed by atoms with E-state index in [4.69, 9.17) is 28.2 Å². The molecule has 2 aromatic carbocycles. The molecule has 5 nitrogen and oxygen atoms in total. The van der Waals surface area contributed by atoms with Crippen molar-refractivity contribution in [2.24, 2.45) is 0 Å². The minimum absolute atomic E-state index is 0.0508. The zero-order valence-electron chi connectivity index (χ0n) is 16.2. The zero-order valence-corrected chi connectivity index (χ0v) is 17.8. The van der Waals surface area contributed by atoms with Gasteiger partial charge in [-0.1, -0.05) is 35.9 Å². The molecule has 30 heavy (non-hydrogen) atoms. The summed E-state index contributed by atoms with van der Waals surface area (Å²) in [6.45, 7) is 3.86. The highest BCUT2D eigenvalue weighted by Crippen LogP contribution is 2.29. The van der Waals surface area contributed by atoms with Crippen LogP contribution in [0, 0.1) is 13.8 Å². The second kappa shape index (κ2) is 7.89. The van der Waals surface area contributed by atoms with Crippen LogP contribution in [-0.2, 0) is 9.59 Å². The number of nitrogens with one attached hydrogen (secondary N) is 1. The predicted octanol–water partition coefficient (Wildman–Crippen LogP) is 5.05. The fraction of sp³-hybridized carbons (Fsp3) is 0.0870. The maximum absolute atomic E-state index is 13.2. The monoisotopic (exact) mass is 436 g/mol. The molecule has 0 radical (unpaired) electrons. The molecule has 2 amide bonds. The van der Waals surface area contributed by atoms with Crippen molar-refractivity contribution in [1.29, 1.82) is 0 Å². The quantitative estimate of drug-likeness (QED) is 0.354. The fourth-order valence-electron chi connectivity index (χ4n) is 3.22. The van der Waals surface area contributed by atoms with Gasteiger partial charge in [-0.3, -0.25) is 19.8 Å². The van der Waals surface area contributed by atoms with Gasteiger partial charge in [0, 0.05) is 10.6 Å². The number of anilines is 1. The molecular weight excluding hydrogens is 420 g/mol. The summed E-state index contributed by atoms with van der Waals surface area (Å²) >= 11 is 11.3. The predicted molar refractivity (Wildman–Crippen MR) is 121 cm³/mol. The first-order chi connectivity index (χ1) is 14.3. The van der Waals surface area contributed by atoms with E-state index in [1.807, 2.05) is 38.1 Å². The number of aryl methyl sites for hydroxylation is 1. The number of hydrogen-bond donors (Lipinski definition) is 1. The van der Waals surface area contributed by atoms with E-state index in [1.165, 1.54) is 11.0 Å². The average molecular weight is 437 g/mol. The highest BCUT2D eigenvalue weighted by atomic mass is 35.5. The lowest BCUT2D eigenvalue weighted by Crippen LogP contribution is -2.54. The van der Waals surface area contributed by atoms with Crippen LogP contribution in [0.1, 0.15) is 16.9 Å². The zero-order chi connectivity index (χ0) is 21.4. The lowest BCUT2D eigenvalue weighted by Gasteiger charge is -2.30. The van der Waals surface area contributed by atoms with Crippen LogP contribution in [-0.4, -0.2) is 16.9 Å². The van der Waals surface area contributed by atoms with Gasteiger partial charge in [-0.15, -0.1) is 0 Å². The Kier molecular flexibility index (Phi) is 5.28. The number of carbonyl (C=O) groups excluding carboxylic acids is 2. The Hall–Kier alpha value is -3.22. The summed E-state index contributed by atoms with van der Waals surface area (Å²) in [4.78, 5) is 27.0. The molecule has 150 valence electrons. The van der Waals surface area contributed by atoms with Crippen molar-refractivity contribution in [2.75, 3.05) is 4.90 Å². The Morgan fingerprint density at radius 2 is 1.83 bits per heavy atom. The highest BCUT2D eigenvalue weighted by Gasteiger charge is 2.35. The van der Waals surface area contributed by atoms with Crippen LogP contribution in [0.2, 0.25) is 5.02 Å². The van der Waals surface area contributed by atoms with E-state index in [2.05, 4.69) is 5.32 Å². The minimum Gasteiger partial charge on any atom is -0.457 e. The summed E-state index contributed by atoms with van der Waals surface area (Å²) in [7, 11) is 0. The molecule has 0 bridgehead atoms. The van der Waals surface area contributed by atoms with E-state index in [0.717, 1.165) is 16.7 Å². The van der Waals surface area contributed by atoms with Crippen LogP contribution in [0.15, 0.2) is 64.6 Å². The Labute approximate surface area is 183 Å². The summed E-state index contributed by atoms with van der Waals surface area (Å²) in [5.41, 5.74) is 3.30. The number of halogens is 1. The average Bonchev–Trinajstić information content (AvgIpc) is 3.17. The Morgan fingerprint density at radius 1 is 1.07 bits per heavy atom. The Balaban J connectivity index is 1.71. The van der Waals surface area contributed by atoms with Gasteiger partial charge in [-0.25, -0.2) is 0 Å². The minimum atomic E-state index is -0.563. The first-order valence-electron chi connectivity index (χ1n) is 9.18. The molecule has 3 aromatic rings. The third-order valence-electron chi connectivity index (χ3n) is 4.94. The van der Waals surface area contributed by atoms with E-state index in [1.54, 1.807) is 30.3 Å². The van der Waals surface area contributed by atoms with Gasteiger partial charge >= 0.3 is 0 Å². The van der Waals surface area contributed by atoms with Gasteiger partial charge in [0.1, 0.15) is 17.1 Å². The molecule has 0 spiro atoms. The fourth-order valence-corrected chi connectivity index (χ4v) is 3.69. The Morgan fingerprint density at radius 3 is 2.60 bits per heavy atom. The first kappa shape index (κ1) is 20.1. The van der Waals surface area contributed by atoms with E-state index >= 15 is 0 Å². The third-order valence-corrected chi connectivity index (χ3v) is 5.46. The molecule has 1 N–H and O–H groups in total. The first-order valence-corrected chi connectivity index (χ1v) is 9.97. The van der Waals surface area contributed by atoms with Gasteiger partial charge < -0.3 is 4.42 Å². The number of nitrogens with zero attached hydrogens (tertiary/aromatic N) is 1. The van der Waals surface area contributed by atoms with Gasteiger partial charge in [0.25, 0.3) is 11.8 Å². The molecule has 1 aromatic heterocycles. The molecule has 1 saturated heterocycles. The summed E-state index contributed by atoms with van der Waals surface area (Å²) in [6.07, 6.45) is 1.42. The van der Waals surface area contributed by atoms with Gasteiger partial charge in [0.2, 0.25) is 0 Å². The van der Waals surface area contributed by atoms with Gasteiger partial charge in [0.05, 0.1) is 5.69 Å². The maximum atomic E-state index is 13.2. The topological polar surface area (TPSA) is 62.6 Å². The summed E-state index contributed by atoms with van der Waals surface area (Å²) in [6, 6.07) is 16.3. The Bertz CT molecular complexity index is 1230. The largest absolute Gasteiger partial charge is 0.457 e. The van der Waals surface area contributed by atoms with Gasteiger partial charge in [-0.05, 0) is 73.6 Å². The number of thiocarbonyl (C=S) groups is 1. The SMILES string of the molecule is Cc1cccc(N2C(=O)/C(=C\c3ccc(-c4cccc(Cl)c4)o3)C(=O)NC2=S)c1C. The molecule has 1 fully saturated rings. The van der Waals surface area contributed by atoms with Crippen LogP contribution < -0.4 is 10.2 Å². The number of amides is 2. The maximum Gasteiger partial charge on any atom is 0.270 e. The lowest BCUT2D eigenvalue weighted by molar-refractivity contribution is -0.122. The van der Waals surface area contributed by atoms with Crippen LogP contribution in [0.4, 0.5) is 5.69 Å². The highest BCUT2D eigenvalue weighted by molar-refractivity contribution is 7.80. The van der Waals surface area contributed by atoms with Crippen LogP contribution in [0.25, 0.3) is 17.4 Å². The van der Waals surface area contributed by atoms with E-state index in [0.29, 0.717) is 22.2 Å². The normalized spacial score (nSPS) is 15.6. The van der Waals surface area contributed by atoms with Crippen molar-refractivity contribution in [2.45, 2.75) is 13.8 Å².